The number of aliphatic carboxylic acids is 2. The summed E-state index contributed by atoms with van der Waals surface area (Å²) in [4.78, 5) is 31.9. The molecule has 5 nitrogen and oxygen atoms in total. The fraction of sp³-hybridized carbons (Fsp3) is 0.571. The molecule has 0 aliphatic carbocycles. The third-order valence-electron chi connectivity index (χ3n) is 1.23. The van der Waals surface area contributed by atoms with Gasteiger partial charge in [-0.2, -0.15) is 0 Å². The lowest BCUT2D eigenvalue weighted by Crippen LogP contribution is -2.13. The number of hydrogen-bond acceptors (Lipinski definition) is 6. The monoisotopic (exact) mass is 270 g/mol. The molecular formula is C7H10O5S3. The average molecular weight is 270 g/mol. The van der Waals surface area contributed by atoms with Crippen molar-refractivity contribution in [3.63, 3.8) is 0 Å². The predicted octanol–water partition coefficient (Wildman–Crippen LogP) is 2.17. The van der Waals surface area contributed by atoms with Gasteiger partial charge >= 0.3 is 11.9 Å². The van der Waals surface area contributed by atoms with E-state index in [0.717, 1.165) is 21.6 Å². The van der Waals surface area contributed by atoms with Crippen molar-refractivity contribution < 1.29 is 24.6 Å². The third kappa shape index (κ3) is 6.69. The van der Waals surface area contributed by atoms with E-state index in [1.807, 2.05) is 0 Å². The minimum Gasteiger partial charge on any atom is -0.480 e. The molecule has 2 N–H and O–H groups in total. The van der Waals surface area contributed by atoms with Crippen molar-refractivity contribution in [1.29, 1.82) is 0 Å². The first-order valence-electron chi connectivity index (χ1n) is 3.84. The van der Waals surface area contributed by atoms with Crippen molar-refractivity contribution in [1.82, 2.24) is 0 Å². The Hall–Kier alpha value is -0.340. The Morgan fingerprint density at radius 3 is 1.87 bits per heavy atom. The molecule has 0 spiro atoms. The minimum absolute atomic E-state index is 0.400. The zero-order chi connectivity index (χ0) is 12.0. The Morgan fingerprint density at radius 2 is 1.47 bits per heavy atom. The van der Waals surface area contributed by atoms with E-state index in [0.29, 0.717) is 11.8 Å². The Morgan fingerprint density at radius 1 is 1.00 bits per heavy atom. The molecule has 0 aromatic carbocycles. The van der Waals surface area contributed by atoms with Crippen LogP contribution in [-0.4, -0.2) is 37.1 Å². The molecule has 0 rings (SSSR count). The van der Waals surface area contributed by atoms with Crippen molar-refractivity contribution in [3.8, 4) is 0 Å². The van der Waals surface area contributed by atoms with E-state index < -0.39 is 26.9 Å². The van der Waals surface area contributed by atoms with E-state index in [1.54, 1.807) is 0 Å². The number of carboxylic acids is 2. The molecule has 0 radical (unpaired) electrons. The molecule has 0 heterocycles. The molecule has 2 atom stereocenters. The zero-order valence-electron chi connectivity index (χ0n) is 8.00. The molecule has 0 aliphatic rings. The molecular weight excluding hydrogens is 260 g/mol. The molecule has 0 fully saturated rings. The number of thioether (sulfide) groups is 1. The van der Waals surface area contributed by atoms with Crippen LogP contribution < -0.4 is 0 Å². The first kappa shape index (κ1) is 14.7. The molecule has 0 aliphatic heterocycles. The maximum absolute atomic E-state index is 11.1. The maximum Gasteiger partial charge on any atom is 0.317 e. The second-order valence-corrected chi connectivity index (χ2v) is 6.59. The van der Waals surface area contributed by atoms with Crippen LogP contribution in [0.3, 0.4) is 0 Å². The summed E-state index contributed by atoms with van der Waals surface area (Å²) in [5.74, 6) is -2.07. The van der Waals surface area contributed by atoms with Gasteiger partial charge in [0.1, 0.15) is 10.5 Å². The van der Waals surface area contributed by atoms with Crippen LogP contribution in [0.4, 0.5) is 4.79 Å². The predicted molar refractivity (Wildman–Crippen MR) is 62.4 cm³/mol. The molecule has 0 saturated heterocycles. The van der Waals surface area contributed by atoms with Crippen LogP contribution in [0.2, 0.25) is 0 Å². The molecule has 86 valence electrons. The molecule has 0 saturated carbocycles. The van der Waals surface area contributed by atoms with Crippen molar-refractivity contribution in [2.45, 2.75) is 24.3 Å². The normalized spacial score (nSPS) is 14.3. The minimum atomic E-state index is -1.06. The first-order chi connectivity index (χ1) is 6.84. The zero-order valence-corrected chi connectivity index (χ0v) is 10.4. The Balaban J connectivity index is 3.85. The summed E-state index contributed by atoms with van der Waals surface area (Å²) in [5, 5.41) is 15.5. The summed E-state index contributed by atoms with van der Waals surface area (Å²) in [7, 11) is 1.66. The van der Waals surface area contributed by atoms with E-state index in [4.69, 9.17) is 10.2 Å². The second kappa shape index (κ2) is 7.02. The quantitative estimate of drug-likeness (QED) is 0.734. The number of rotatable bonds is 5. The van der Waals surface area contributed by atoms with E-state index in [-0.39, 0.29) is 0 Å². The fourth-order valence-corrected chi connectivity index (χ4v) is 3.27. The number of carbonyl (C=O) groups excluding carboxylic acids is 1. The van der Waals surface area contributed by atoms with Gasteiger partial charge in [-0.15, -0.1) is 0 Å². The number of hydrogen-bond donors (Lipinski definition) is 2. The van der Waals surface area contributed by atoms with E-state index >= 15 is 0 Å². The third-order valence-corrected chi connectivity index (χ3v) is 5.16. The molecule has 8 heteroatoms. The lowest BCUT2D eigenvalue weighted by Gasteiger charge is -2.05. The Labute approximate surface area is 98.8 Å². The van der Waals surface area contributed by atoms with Crippen LogP contribution in [0.5, 0.6) is 0 Å². The van der Waals surface area contributed by atoms with Gasteiger partial charge in [0.15, 0.2) is 0 Å². The van der Waals surface area contributed by atoms with Gasteiger partial charge in [0.25, 0.3) is 4.45 Å². The van der Waals surface area contributed by atoms with Gasteiger partial charge in [0.2, 0.25) is 0 Å². The van der Waals surface area contributed by atoms with Gasteiger partial charge in [0.05, 0.1) is 0 Å². The summed E-state index contributed by atoms with van der Waals surface area (Å²) in [6, 6.07) is 0. The van der Waals surface area contributed by atoms with Crippen LogP contribution in [0.15, 0.2) is 0 Å². The number of carboxylic acid groups (broad SMARTS) is 2. The lowest BCUT2D eigenvalue weighted by molar-refractivity contribution is -0.137. The van der Waals surface area contributed by atoms with Crippen LogP contribution in [0.25, 0.3) is 0 Å². The van der Waals surface area contributed by atoms with Gasteiger partial charge in [-0.1, -0.05) is 22.6 Å². The van der Waals surface area contributed by atoms with Crippen LogP contribution in [0, 0.1) is 0 Å². The summed E-state index contributed by atoms with van der Waals surface area (Å²) >= 11 is 0.672. The Kier molecular flexibility index (Phi) is 6.86. The summed E-state index contributed by atoms with van der Waals surface area (Å²) in [6.07, 6.45) is 0. The summed E-state index contributed by atoms with van der Waals surface area (Å²) in [6.45, 7) is 2.86. The highest BCUT2D eigenvalue weighted by Gasteiger charge is 2.19. The lowest BCUT2D eigenvalue weighted by atomic mass is 10.5. The summed E-state index contributed by atoms with van der Waals surface area (Å²) in [5.41, 5.74) is 0. The van der Waals surface area contributed by atoms with E-state index in [9.17, 15) is 14.4 Å². The van der Waals surface area contributed by atoms with Crippen molar-refractivity contribution in [2.24, 2.45) is 0 Å². The Bertz CT molecular complexity index is 267. The fourth-order valence-electron chi connectivity index (χ4n) is 0.367. The molecule has 0 aromatic heterocycles. The standard InChI is InChI=1S/C7H10O5S3/c1-3(5(8)9)13-7(12)15-14-4(2)6(10)11/h3-4H,1-2H3,(H,8,9)(H,10,11). The topological polar surface area (TPSA) is 91.7 Å². The SMILES string of the molecule is CC(SSC(=O)SC(C)C(=O)O)C(=O)O. The second-order valence-electron chi connectivity index (χ2n) is 2.51. The highest BCUT2D eigenvalue weighted by molar-refractivity contribution is 8.86. The molecule has 0 amide bonds. The molecule has 15 heavy (non-hydrogen) atoms. The number of carbonyl (C=O) groups is 3. The van der Waals surface area contributed by atoms with Gasteiger partial charge < -0.3 is 10.2 Å². The van der Waals surface area contributed by atoms with E-state index in [2.05, 4.69) is 0 Å². The van der Waals surface area contributed by atoms with Gasteiger partial charge in [-0.3, -0.25) is 14.4 Å². The van der Waals surface area contributed by atoms with Gasteiger partial charge in [-0.05, 0) is 24.6 Å². The van der Waals surface area contributed by atoms with Crippen LogP contribution in [-0.2, 0) is 9.59 Å². The van der Waals surface area contributed by atoms with Crippen molar-refractivity contribution >= 4 is 49.7 Å². The maximum atomic E-state index is 11.1. The smallest absolute Gasteiger partial charge is 0.317 e. The molecule has 0 bridgehead atoms. The first-order valence-corrected chi connectivity index (χ1v) is 6.93. The van der Waals surface area contributed by atoms with Gasteiger partial charge in [0, 0.05) is 0 Å². The van der Waals surface area contributed by atoms with Crippen LogP contribution >= 0.6 is 33.3 Å². The van der Waals surface area contributed by atoms with E-state index in [1.165, 1.54) is 13.8 Å². The molecule has 2 unspecified atom stereocenters. The van der Waals surface area contributed by atoms with Crippen molar-refractivity contribution in [3.05, 3.63) is 0 Å². The van der Waals surface area contributed by atoms with Gasteiger partial charge in [-0.25, -0.2) is 0 Å². The highest BCUT2D eigenvalue weighted by atomic mass is 33.1. The van der Waals surface area contributed by atoms with Crippen molar-refractivity contribution in [2.75, 3.05) is 0 Å². The largest absolute Gasteiger partial charge is 0.480 e. The summed E-state index contributed by atoms with van der Waals surface area (Å²) < 4.78 is -0.400. The highest BCUT2D eigenvalue weighted by Crippen LogP contribution is 2.33. The average Bonchev–Trinajstić information content (AvgIpc) is 2.13. The molecule has 0 aromatic rings. The van der Waals surface area contributed by atoms with Crippen LogP contribution in [0.1, 0.15) is 13.8 Å².